The number of nitrogens with zero attached hydrogens (tertiary/aromatic N) is 2. The van der Waals surface area contributed by atoms with E-state index < -0.39 is 22.2 Å². The molecule has 0 unspecified atom stereocenters. The van der Waals surface area contributed by atoms with Crippen LogP contribution >= 0.6 is 0 Å². The second-order valence-electron chi connectivity index (χ2n) is 6.41. The van der Waals surface area contributed by atoms with Gasteiger partial charge in [-0.2, -0.15) is 0 Å². The highest BCUT2D eigenvalue weighted by Crippen LogP contribution is 2.28. The average Bonchev–Trinajstić information content (AvgIpc) is 3.07. The van der Waals surface area contributed by atoms with Crippen LogP contribution in [0.1, 0.15) is 15.9 Å². The molecule has 0 spiro atoms. The highest BCUT2D eigenvalue weighted by atomic mass is 16.6. The van der Waals surface area contributed by atoms with Gasteiger partial charge in [0.2, 0.25) is 5.78 Å². The molecule has 144 valence electrons. The second-order valence-corrected chi connectivity index (χ2v) is 6.41. The molecule has 2 N–H and O–H groups in total. The first-order valence-electron chi connectivity index (χ1n) is 8.58. The first kappa shape index (κ1) is 18.1. The van der Waals surface area contributed by atoms with Gasteiger partial charge >= 0.3 is 0 Å². The minimum Gasteiger partial charge on any atom is -0.310 e. The summed E-state index contributed by atoms with van der Waals surface area (Å²) in [4.78, 5) is 50.3. The van der Waals surface area contributed by atoms with E-state index in [1.54, 1.807) is 30.3 Å². The molecule has 1 aromatic heterocycles. The summed E-state index contributed by atoms with van der Waals surface area (Å²) in [5.41, 5.74) is -0.0551. The molecule has 1 amide bonds. The monoisotopic (exact) mass is 390 g/mol. The lowest BCUT2D eigenvalue weighted by Crippen LogP contribution is -2.44. The van der Waals surface area contributed by atoms with Gasteiger partial charge < -0.3 is 4.90 Å². The Balaban J connectivity index is 2.06. The van der Waals surface area contributed by atoms with Gasteiger partial charge in [-0.1, -0.05) is 24.3 Å². The summed E-state index contributed by atoms with van der Waals surface area (Å²) in [5.74, 6) is -1.11. The number of nitrogens with one attached hydrogen (secondary N) is 2. The van der Waals surface area contributed by atoms with Gasteiger partial charge in [-0.25, -0.2) is 0 Å². The molecule has 0 saturated carbocycles. The summed E-state index contributed by atoms with van der Waals surface area (Å²) < 4.78 is 0. The van der Waals surface area contributed by atoms with Crippen molar-refractivity contribution in [1.82, 2.24) is 10.2 Å². The number of carbonyl (C=O) groups is 2. The summed E-state index contributed by atoms with van der Waals surface area (Å²) in [7, 11) is 1.53. The number of H-pyrrole nitrogens is 2. The maximum absolute atomic E-state index is 13.0. The van der Waals surface area contributed by atoms with Crippen molar-refractivity contribution >= 4 is 34.7 Å². The molecule has 0 radical (unpaired) electrons. The fourth-order valence-electron chi connectivity index (χ4n) is 3.32. The van der Waals surface area contributed by atoms with Gasteiger partial charge in [-0.3, -0.25) is 34.7 Å². The maximum Gasteiger partial charge on any atom is 0.276 e. The summed E-state index contributed by atoms with van der Waals surface area (Å²) in [5, 5.41) is 16.2. The van der Waals surface area contributed by atoms with Crippen LogP contribution in [0.2, 0.25) is 0 Å². The summed E-state index contributed by atoms with van der Waals surface area (Å²) in [6.07, 6.45) is 1.29. The number of aromatic nitrogens is 2. The molecule has 9 nitrogen and oxygen atoms in total. The molecular formula is C20H14N4O5. The van der Waals surface area contributed by atoms with Gasteiger partial charge in [0.25, 0.3) is 17.2 Å². The average molecular weight is 390 g/mol. The van der Waals surface area contributed by atoms with Crippen molar-refractivity contribution in [3.05, 3.63) is 90.7 Å². The maximum atomic E-state index is 13.0. The number of amides is 1. The molecule has 1 aliphatic heterocycles. The van der Waals surface area contributed by atoms with Gasteiger partial charge in [-0.15, -0.1) is 0 Å². The molecule has 3 aromatic rings. The van der Waals surface area contributed by atoms with Crippen LogP contribution in [-0.2, 0) is 4.79 Å². The number of ketones is 1. The Morgan fingerprint density at radius 1 is 1.00 bits per heavy atom. The zero-order valence-corrected chi connectivity index (χ0v) is 15.1. The minimum absolute atomic E-state index is 0.00972. The first-order chi connectivity index (χ1) is 13.9. The van der Waals surface area contributed by atoms with Crippen molar-refractivity contribution in [3.8, 4) is 0 Å². The third-order valence-electron chi connectivity index (χ3n) is 4.75. The normalized spacial score (nSPS) is 16.2. The first-order valence-corrected chi connectivity index (χ1v) is 8.58. The van der Waals surface area contributed by atoms with E-state index in [0.29, 0.717) is 11.3 Å². The second kappa shape index (κ2) is 6.71. The van der Waals surface area contributed by atoms with E-state index >= 15 is 0 Å². The van der Waals surface area contributed by atoms with Gasteiger partial charge in [0.05, 0.1) is 26.7 Å². The Kier molecular flexibility index (Phi) is 4.19. The lowest BCUT2D eigenvalue weighted by atomic mass is 9.95. The molecule has 1 aliphatic rings. The Morgan fingerprint density at radius 3 is 2.45 bits per heavy atom. The zero-order chi connectivity index (χ0) is 20.7. The lowest BCUT2D eigenvalue weighted by molar-refractivity contribution is -0.385. The van der Waals surface area contributed by atoms with Crippen LogP contribution < -0.4 is 21.0 Å². The summed E-state index contributed by atoms with van der Waals surface area (Å²) in [6, 6.07) is 12.5. The number of nitro groups is 1. The SMILES string of the molecule is CN1C(=O)C(=c2[nH][nH]c(=O)/c2=C\c2ccccc2[N+](=O)[O-])C(=O)c2ccccc21. The zero-order valence-electron chi connectivity index (χ0n) is 15.1. The quantitative estimate of drug-likeness (QED) is 0.485. The number of fused-ring (bicyclic) bond motifs is 1. The van der Waals surface area contributed by atoms with Crippen molar-refractivity contribution in [2.75, 3.05) is 11.9 Å². The Hall–Kier alpha value is -4.27. The predicted octanol–water partition coefficient (Wildman–Crippen LogP) is 0.450. The van der Waals surface area contributed by atoms with Crippen molar-refractivity contribution in [2.24, 2.45) is 0 Å². The van der Waals surface area contributed by atoms with Crippen LogP contribution in [0.4, 0.5) is 11.4 Å². The smallest absolute Gasteiger partial charge is 0.276 e. The fraction of sp³-hybridized carbons (Fsp3) is 0.0500. The Bertz CT molecular complexity index is 1370. The Labute approximate surface area is 162 Å². The number of anilines is 1. The van der Waals surface area contributed by atoms with E-state index in [1.807, 2.05) is 0 Å². The molecular weight excluding hydrogens is 376 g/mol. The molecule has 0 bridgehead atoms. The summed E-state index contributed by atoms with van der Waals surface area (Å²) >= 11 is 0. The number of rotatable bonds is 2. The highest BCUT2D eigenvalue weighted by Gasteiger charge is 2.33. The van der Waals surface area contributed by atoms with Crippen molar-refractivity contribution < 1.29 is 14.5 Å². The van der Waals surface area contributed by atoms with Crippen molar-refractivity contribution in [1.29, 1.82) is 0 Å². The van der Waals surface area contributed by atoms with E-state index in [-0.39, 0.29) is 27.4 Å². The third kappa shape index (κ3) is 2.85. The molecule has 4 rings (SSSR count). The largest absolute Gasteiger partial charge is 0.310 e. The van der Waals surface area contributed by atoms with Crippen LogP contribution in [0, 0.1) is 10.1 Å². The molecule has 0 fully saturated rings. The molecule has 9 heteroatoms. The lowest BCUT2D eigenvalue weighted by Gasteiger charge is -2.25. The highest BCUT2D eigenvalue weighted by molar-refractivity contribution is 6.51. The van der Waals surface area contributed by atoms with E-state index in [1.165, 1.54) is 36.2 Å². The predicted molar refractivity (Wildman–Crippen MR) is 105 cm³/mol. The van der Waals surface area contributed by atoms with Gasteiger partial charge in [0, 0.05) is 18.7 Å². The topological polar surface area (TPSA) is 129 Å². The fourth-order valence-corrected chi connectivity index (χ4v) is 3.32. The molecule has 2 heterocycles. The van der Waals surface area contributed by atoms with Crippen molar-refractivity contribution in [3.63, 3.8) is 0 Å². The van der Waals surface area contributed by atoms with Gasteiger partial charge in [0.15, 0.2) is 0 Å². The van der Waals surface area contributed by atoms with E-state index in [2.05, 4.69) is 10.2 Å². The summed E-state index contributed by atoms with van der Waals surface area (Å²) in [6.45, 7) is 0. The minimum atomic E-state index is -0.604. The number of hydrogen-bond acceptors (Lipinski definition) is 5. The standard InChI is InChI=1S/C20H14N4O5/c1-23-15-9-5-3-7-12(15)18(25)16(20(23)27)17-13(19(26)22-21-17)10-11-6-2-4-8-14(11)24(28)29/h2-10,21H,1H3,(H,22,26)/b13-10-,17-16?. The number of hydrogen-bond donors (Lipinski definition) is 2. The van der Waals surface area contributed by atoms with E-state index in [4.69, 9.17) is 0 Å². The molecule has 2 aromatic carbocycles. The number of aromatic amines is 2. The van der Waals surface area contributed by atoms with Crippen LogP contribution in [0.25, 0.3) is 11.6 Å². The number of Topliss-reactive ketones (excluding diaryl/α,β-unsaturated/α-hetero) is 1. The third-order valence-corrected chi connectivity index (χ3v) is 4.75. The molecule has 0 atom stereocenters. The molecule has 29 heavy (non-hydrogen) atoms. The number of benzene rings is 2. The van der Waals surface area contributed by atoms with Crippen LogP contribution in [0.15, 0.2) is 53.3 Å². The van der Waals surface area contributed by atoms with Crippen LogP contribution in [0.5, 0.6) is 0 Å². The van der Waals surface area contributed by atoms with Gasteiger partial charge in [-0.05, 0) is 24.3 Å². The van der Waals surface area contributed by atoms with E-state index in [9.17, 15) is 24.5 Å². The van der Waals surface area contributed by atoms with Crippen molar-refractivity contribution in [2.45, 2.75) is 0 Å². The van der Waals surface area contributed by atoms with Crippen LogP contribution in [0.3, 0.4) is 0 Å². The molecule has 0 saturated heterocycles. The van der Waals surface area contributed by atoms with E-state index in [0.717, 1.165) is 0 Å². The number of nitro benzene ring substituents is 1. The van der Waals surface area contributed by atoms with Crippen LogP contribution in [-0.4, -0.2) is 33.9 Å². The van der Waals surface area contributed by atoms with Gasteiger partial charge in [0.1, 0.15) is 5.57 Å². The molecule has 0 aliphatic carbocycles. The number of para-hydroxylation sites is 2. The number of carbonyl (C=O) groups excluding carboxylic acids is 2. The Morgan fingerprint density at radius 2 is 1.69 bits per heavy atom.